The number of aryl methyl sites for hydroxylation is 1. The second-order valence-corrected chi connectivity index (χ2v) is 8.23. The molecule has 2 aliphatic heterocycles. The summed E-state index contributed by atoms with van der Waals surface area (Å²) in [5.74, 6) is -0.257. The van der Waals surface area contributed by atoms with E-state index < -0.39 is 10.0 Å². The molecular weight excluding hydrogens is 328 g/mol. The second kappa shape index (κ2) is 6.64. The molecule has 0 aliphatic carbocycles. The first-order valence-corrected chi connectivity index (χ1v) is 9.81. The van der Waals surface area contributed by atoms with Crippen LogP contribution in [0.4, 0.5) is 0 Å². The molecule has 3 rings (SSSR count). The molecule has 2 heterocycles. The third kappa shape index (κ3) is 3.10. The third-order valence-electron chi connectivity index (χ3n) is 4.85. The Morgan fingerprint density at radius 2 is 1.54 bits per heavy atom. The fraction of sp³-hybridized carbons (Fsp3) is 0.529. The van der Waals surface area contributed by atoms with E-state index in [0.29, 0.717) is 30.8 Å². The third-order valence-corrected chi connectivity index (χ3v) is 6.76. The Morgan fingerprint density at radius 3 is 2.04 bits per heavy atom. The number of carbonyl (C=O) groups excluding carboxylic acids is 2. The van der Waals surface area contributed by atoms with E-state index >= 15 is 0 Å². The fourth-order valence-electron chi connectivity index (χ4n) is 3.39. The van der Waals surface area contributed by atoms with Crippen LogP contribution in [0.3, 0.4) is 0 Å². The first kappa shape index (κ1) is 17.1. The molecule has 130 valence electrons. The molecule has 7 heteroatoms. The SMILES string of the molecule is CCc1ccc(S(=O)(=O)N2CCC(N3C(=O)CCC3=O)CC2)cc1. The molecule has 2 amide bonds. The normalized spacial score (nSPS) is 20.8. The lowest BCUT2D eigenvalue weighted by molar-refractivity contribution is -0.141. The van der Waals surface area contributed by atoms with E-state index in [9.17, 15) is 18.0 Å². The molecule has 0 aromatic heterocycles. The molecule has 24 heavy (non-hydrogen) atoms. The highest BCUT2D eigenvalue weighted by molar-refractivity contribution is 7.89. The van der Waals surface area contributed by atoms with Gasteiger partial charge in [-0.15, -0.1) is 0 Å². The maximum Gasteiger partial charge on any atom is 0.243 e. The lowest BCUT2D eigenvalue weighted by atomic mass is 10.1. The Kier molecular flexibility index (Phi) is 4.73. The van der Waals surface area contributed by atoms with Crippen molar-refractivity contribution >= 4 is 21.8 Å². The highest BCUT2D eigenvalue weighted by atomic mass is 32.2. The van der Waals surface area contributed by atoms with E-state index in [2.05, 4.69) is 0 Å². The first-order chi connectivity index (χ1) is 11.4. The molecule has 0 N–H and O–H groups in total. The molecule has 0 saturated carbocycles. The zero-order valence-corrected chi connectivity index (χ0v) is 14.6. The highest BCUT2D eigenvalue weighted by Gasteiger charge is 2.38. The quantitative estimate of drug-likeness (QED) is 0.772. The average Bonchev–Trinajstić information content (AvgIpc) is 2.93. The Labute approximate surface area is 142 Å². The van der Waals surface area contributed by atoms with Gasteiger partial charge in [-0.25, -0.2) is 8.42 Å². The number of nitrogens with zero attached hydrogens (tertiary/aromatic N) is 2. The van der Waals surface area contributed by atoms with Crippen LogP contribution in [0.1, 0.15) is 38.2 Å². The summed E-state index contributed by atoms with van der Waals surface area (Å²) in [6.07, 6.45) is 2.43. The monoisotopic (exact) mass is 350 g/mol. The zero-order valence-electron chi connectivity index (χ0n) is 13.8. The minimum Gasteiger partial charge on any atom is -0.279 e. The molecule has 0 radical (unpaired) electrons. The number of hydrogen-bond acceptors (Lipinski definition) is 4. The summed E-state index contributed by atoms with van der Waals surface area (Å²) in [4.78, 5) is 25.3. The Hall–Kier alpha value is -1.73. The van der Waals surface area contributed by atoms with Crippen LogP contribution in [0.25, 0.3) is 0 Å². The van der Waals surface area contributed by atoms with Crippen molar-refractivity contribution in [2.24, 2.45) is 0 Å². The predicted octanol–water partition coefficient (Wildman–Crippen LogP) is 1.55. The van der Waals surface area contributed by atoms with Crippen molar-refractivity contribution < 1.29 is 18.0 Å². The molecule has 0 spiro atoms. The van der Waals surface area contributed by atoms with Crippen molar-refractivity contribution in [1.29, 1.82) is 0 Å². The molecule has 0 bridgehead atoms. The standard InChI is InChI=1S/C17H22N2O4S/c1-2-13-3-5-15(6-4-13)24(22,23)18-11-9-14(10-12-18)19-16(20)7-8-17(19)21/h3-6,14H,2,7-12H2,1H3. The van der Waals surface area contributed by atoms with E-state index in [1.165, 1.54) is 9.21 Å². The number of sulfonamides is 1. The van der Waals surface area contributed by atoms with Crippen LogP contribution in [-0.2, 0) is 26.0 Å². The van der Waals surface area contributed by atoms with Crippen molar-refractivity contribution in [2.45, 2.75) is 50.0 Å². The van der Waals surface area contributed by atoms with Crippen molar-refractivity contribution in [2.75, 3.05) is 13.1 Å². The van der Waals surface area contributed by atoms with Gasteiger partial charge < -0.3 is 0 Å². The molecule has 1 aromatic carbocycles. The van der Waals surface area contributed by atoms with Gasteiger partial charge in [0.2, 0.25) is 21.8 Å². The minimum absolute atomic E-state index is 0.128. The topological polar surface area (TPSA) is 74.8 Å². The summed E-state index contributed by atoms with van der Waals surface area (Å²) in [6, 6.07) is 6.80. The van der Waals surface area contributed by atoms with Gasteiger partial charge >= 0.3 is 0 Å². The molecule has 2 fully saturated rings. The van der Waals surface area contributed by atoms with E-state index in [0.717, 1.165) is 12.0 Å². The zero-order chi connectivity index (χ0) is 17.3. The Morgan fingerprint density at radius 1 is 1.00 bits per heavy atom. The molecule has 2 saturated heterocycles. The largest absolute Gasteiger partial charge is 0.279 e. The summed E-state index contributed by atoms with van der Waals surface area (Å²) in [7, 11) is -3.52. The number of imide groups is 1. The highest BCUT2D eigenvalue weighted by Crippen LogP contribution is 2.26. The summed E-state index contributed by atoms with van der Waals surface area (Å²) in [6.45, 7) is 2.69. The van der Waals surface area contributed by atoms with Gasteiger partial charge in [-0.1, -0.05) is 19.1 Å². The van der Waals surface area contributed by atoms with Gasteiger partial charge in [0.05, 0.1) is 4.90 Å². The number of likely N-dealkylation sites (tertiary alicyclic amines) is 1. The smallest absolute Gasteiger partial charge is 0.243 e. The summed E-state index contributed by atoms with van der Waals surface area (Å²) < 4.78 is 26.9. The number of benzene rings is 1. The van der Waals surface area contributed by atoms with Crippen molar-refractivity contribution in [3.05, 3.63) is 29.8 Å². The van der Waals surface area contributed by atoms with Crippen LogP contribution in [0, 0.1) is 0 Å². The van der Waals surface area contributed by atoms with Crippen LogP contribution < -0.4 is 0 Å². The summed E-state index contributed by atoms with van der Waals surface area (Å²) >= 11 is 0. The van der Waals surface area contributed by atoms with E-state index in [4.69, 9.17) is 0 Å². The predicted molar refractivity (Wildman–Crippen MR) is 88.7 cm³/mol. The Balaban J connectivity index is 1.69. The van der Waals surface area contributed by atoms with Crippen molar-refractivity contribution in [3.8, 4) is 0 Å². The van der Waals surface area contributed by atoms with Gasteiger partial charge in [-0.05, 0) is 37.0 Å². The molecule has 0 unspecified atom stereocenters. The van der Waals surface area contributed by atoms with Crippen molar-refractivity contribution in [3.63, 3.8) is 0 Å². The average molecular weight is 350 g/mol. The van der Waals surface area contributed by atoms with Gasteiger partial charge in [-0.2, -0.15) is 4.31 Å². The van der Waals surface area contributed by atoms with E-state index in [1.54, 1.807) is 12.1 Å². The molecular formula is C17H22N2O4S. The number of amides is 2. The maximum atomic E-state index is 12.7. The molecule has 0 atom stereocenters. The van der Waals surface area contributed by atoms with Crippen LogP contribution in [0.15, 0.2) is 29.2 Å². The summed E-state index contributed by atoms with van der Waals surface area (Å²) in [5.41, 5.74) is 1.10. The minimum atomic E-state index is -3.52. The number of rotatable bonds is 4. The van der Waals surface area contributed by atoms with E-state index in [-0.39, 0.29) is 30.7 Å². The molecule has 1 aromatic rings. The molecule has 6 nitrogen and oxygen atoms in total. The van der Waals surface area contributed by atoms with Gasteiger partial charge in [0, 0.05) is 32.0 Å². The number of hydrogen-bond donors (Lipinski definition) is 0. The van der Waals surface area contributed by atoms with Gasteiger partial charge in [0.15, 0.2) is 0 Å². The Bertz CT molecular complexity index is 718. The van der Waals surface area contributed by atoms with Crippen LogP contribution in [0.5, 0.6) is 0 Å². The number of carbonyl (C=O) groups is 2. The van der Waals surface area contributed by atoms with Crippen LogP contribution >= 0.6 is 0 Å². The van der Waals surface area contributed by atoms with Crippen molar-refractivity contribution in [1.82, 2.24) is 9.21 Å². The second-order valence-electron chi connectivity index (χ2n) is 6.29. The van der Waals surface area contributed by atoms with Gasteiger partial charge in [0.1, 0.15) is 0 Å². The van der Waals surface area contributed by atoms with Crippen LogP contribution in [0.2, 0.25) is 0 Å². The van der Waals surface area contributed by atoms with E-state index in [1.807, 2.05) is 19.1 Å². The van der Waals surface area contributed by atoms with Gasteiger partial charge in [0.25, 0.3) is 0 Å². The van der Waals surface area contributed by atoms with Crippen LogP contribution in [-0.4, -0.2) is 48.6 Å². The lowest BCUT2D eigenvalue weighted by Crippen LogP contribution is -2.48. The molecule has 2 aliphatic rings. The first-order valence-electron chi connectivity index (χ1n) is 8.37. The number of piperidine rings is 1. The fourth-order valence-corrected chi connectivity index (χ4v) is 4.86. The summed E-state index contributed by atoms with van der Waals surface area (Å²) in [5, 5.41) is 0. The maximum absolute atomic E-state index is 12.7. The lowest BCUT2D eigenvalue weighted by Gasteiger charge is -2.35. The van der Waals surface area contributed by atoms with Gasteiger partial charge in [-0.3, -0.25) is 14.5 Å².